The lowest BCUT2D eigenvalue weighted by Gasteiger charge is -2.52. The third-order valence-corrected chi connectivity index (χ3v) is 9.34. The Kier molecular flexibility index (Phi) is 6.12. The Morgan fingerprint density at radius 2 is 1.89 bits per heavy atom. The van der Waals surface area contributed by atoms with Gasteiger partial charge in [0, 0.05) is 28.3 Å². The van der Waals surface area contributed by atoms with Crippen molar-refractivity contribution in [2.24, 2.45) is 22.7 Å². The summed E-state index contributed by atoms with van der Waals surface area (Å²) in [6.45, 7) is 0.724. The number of ketones is 2. The van der Waals surface area contributed by atoms with Gasteiger partial charge in [0.25, 0.3) is 0 Å². The van der Waals surface area contributed by atoms with Crippen LogP contribution >= 0.6 is 0 Å². The first-order valence-electron chi connectivity index (χ1n) is 13.7. The highest BCUT2D eigenvalue weighted by molar-refractivity contribution is 7.80. The number of rotatable bonds is 4. The zero-order chi connectivity index (χ0) is 27.9. The molecule has 0 aromatic carbocycles. The van der Waals surface area contributed by atoms with Crippen molar-refractivity contribution in [3.8, 4) is 0 Å². The zero-order valence-corrected chi connectivity index (χ0v) is 21.0. The molecule has 7 nitrogen and oxygen atoms in total. The molecule has 35 heavy (non-hydrogen) atoms. The molecule has 190 valence electrons. The van der Waals surface area contributed by atoms with E-state index < -0.39 is 40.0 Å². The van der Waals surface area contributed by atoms with Crippen LogP contribution in [-0.4, -0.2) is 35.6 Å². The highest BCUT2D eigenvalue weighted by atomic mass is 32.3. The summed E-state index contributed by atoms with van der Waals surface area (Å²) < 4.78 is 59.2. The van der Waals surface area contributed by atoms with E-state index in [0.717, 1.165) is 37.7 Å². The molecule has 1 aromatic heterocycles. The van der Waals surface area contributed by atoms with Crippen LogP contribution in [0.1, 0.15) is 76.2 Å². The predicted octanol–water partition coefficient (Wildman–Crippen LogP) is 5.06. The Balaban J connectivity index is 0.000000494. The number of hydrogen-bond acceptors (Lipinski definition) is 6. The van der Waals surface area contributed by atoms with Crippen LogP contribution in [0.15, 0.2) is 53.4 Å². The molecular weight excluding hydrogens is 467 g/mol. The molecule has 1 N–H and O–H groups in total. The fourth-order valence-corrected chi connectivity index (χ4v) is 7.30. The van der Waals surface area contributed by atoms with E-state index in [0.29, 0.717) is 19.3 Å². The van der Waals surface area contributed by atoms with Gasteiger partial charge in [-0.25, -0.2) is 4.18 Å². The van der Waals surface area contributed by atoms with E-state index in [-0.39, 0.29) is 17.6 Å². The number of fused-ring (bicyclic) bond motifs is 4. The van der Waals surface area contributed by atoms with Crippen molar-refractivity contribution in [2.75, 3.05) is 0 Å². The monoisotopic (exact) mass is 505 g/mol. The van der Waals surface area contributed by atoms with Crippen LogP contribution in [0.25, 0.3) is 0 Å². The molecule has 8 heteroatoms. The summed E-state index contributed by atoms with van der Waals surface area (Å²) in [5, 5.41) is 0. The zero-order valence-electron chi connectivity index (χ0n) is 23.2. The van der Waals surface area contributed by atoms with Gasteiger partial charge in [0.2, 0.25) is 0 Å². The number of hydrogen-bond donors (Lipinski definition) is 1. The molecule has 2 fully saturated rings. The van der Waals surface area contributed by atoms with Crippen molar-refractivity contribution in [1.29, 1.82) is 0 Å². The van der Waals surface area contributed by atoms with Crippen LogP contribution in [0.4, 0.5) is 0 Å². The second-order valence-corrected chi connectivity index (χ2v) is 11.5. The molecule has 0 spiro atoms. The third kappa shape index (κ3) is 4.93. The van der Waals surface area contributed by atoms with Gasteiger partial charge in [-0.1, -0.05) is 25.5 Å². The van der Waals surface area contributed by atoms with Crippen molar-refractivity contribution in [1.82, 2.24) is 4.98 Å². The lowest BCUT2D eigenvalue weighted by Crippen LogP contribution is -2.50. The van der Waals surface area contributed by atoms with Crippen LogP contribution in [0, 0.1) is 22.7 Å². The Morgan fingerprint density at radius 1 is 1.14 bits per heavy atom. The van der Waals surface area contributed by atoms with Crippen LogP contribution in [-0.2, 0) is 24.2 Å². The molecule has 1 heterocycles. The van der Waals surface area contributed by atoms with Crippen LogP contribution in [0.5, 0.6) is 0 Å². The van der Waals surface area contributed by atoms with Gasteiger partial charge in [0.05, 0.1) is 0 Å². The second kappa shape index (κ2) is 9.71. The Hall–Kier alpha value is -2.16. The first kappa shape index (κ1) is 22.1. The fraction of sp³-hybridized carbons (Fsp3) is 0.593. The Morgan fingerprint density at radius 3 is 2.49 bits per heavy atom. The molecule has 0 radical (unpaired) electrons. The normalized spacial score (nSPS) is 34.5. The van der Waals surface area contributed by atoms with Gasteiger partial charge < -0.3 is 0 Å². The molecule has 2 unspecified atom stereocenters. The van der Waals surface area contributed by atoms with Crippen LogP contribution < -0.4 is 0 Å². The van der Waals surface area contributed by atoms with Crippen molar-refractivity contribution < 1.29 is 30.9 Å². The number of nitrogens with zero attached hydrogens (tertiary/aromatic N) is 1. The number of Topliss-reactive ketones (excluding diaryl/α,β-unsaturated/α-hetero) is 1. The quantitative estimate of drug-likeness (QED) is 0.450. The molecular formula is C27H35NO6S. The number of carbonyl (C=O) groups excluding carboxylic acids is 2. The average Bonchev–Trinajstić information content (AvgIpc) is 3.13. The number of aromatic nitrogens is 1. The van der Waals surface area contributed by atoms with Crippen LogP contribution in [0.3, 0.4) is 0 Å². The molecule has 0 bridgehead atoms. The standard InChI is InChI=1S/C22H30O6S.C5H5N/c1-13(28-29(25,26)27)20(24)22(3)11-9-19-18-6-4-14-12-15(23)5-7-16(14)17(18)8-10-21(19,22)2;1-2-4-6-5-3-1/h12-13,18-19H,4-11H2,1-3H3,(H,25,26,27);1-5H/t13-,18?,19?,21-,22+;/m0./s1/i1+1D3;. The summed E-state index contributed by atoms with van der Waals surface area (Å²) in [6.07, 6.45) is 8.69. The topological polar surface area (TPSA) is 111 Å². The summed E-state index contributed by atoms with van der Waals surface area (Å²) in [5.74, 6) is -0.166. The van der Waals surface area contributed by atoms with E-state index >= 15 is 0 Å². The number of pyridine rings is 1. The van der Waals surface area contributed by atoms with Gasteiger partial charge in [-0.15, -0.1) is 0 Å². The average molecular weight is 506 g/mol. The maximum Gasteiger partial charge on any atom is 0.398 e. The maximum absolute atomic E-state index is 13.6. The SMILES string of the molecule is [2H][13C]([2H])([2H])[C@H](OS(=O)(=O)O)C(=O)[C@@]1(C)CCC2C3CCC4=CC(=O)CCC4=C3CC[C@@]21C.c1ccncc1. The smallest absolute Gasteiger partial charge is 0.296 e. The molecule has 4 aliphatic carbocycles. The largest absolute Gasteiger partial charge is 0.398 e. The first-order valence-corrected chi connectivity index (χ1v) is 13.5. The molecule has 2 saturated carbocycles. The summed E-state index contributed by atoms with van der Waals surface area (Å²) in [4.78, 5) is 29.2. The van der Waals surface area contributed by atoms with E-state index in [1.807, 2.05) is 25.1 Å². The lowest BCUT2D eigenvalue weighted by molar-refractivity contribution is -0.143. The van der Waals surface area contributed by atoms with Gasteiger partial charge in [0.15, 0.2) is 11.6 Å². The van der Waals surface area contributed by atoms with Gasteiger partial charge >= 0.3 is 10.4 Å². The lowest BCUT2D eigenvalue weighted by atomic mass is 9.51. The van der Waals surface area contributed by atoms with Gasteiger partial charge in [0.1, 0.15) is 6.10 Å². The van der Waals surface area contributed by atoms with E-state index in [1.165, 1.54) is 11.1 Å². The molecule has 5 atom stereocenters. The first-order chi connectivity index (χ1) is 17.7. The van der Waals surface area contributed by atoms with Crippen molar-refractivity contribution in [2.45, 2.75) is 78.2 Å². The number of carbonyl (C=O) groups is 2. The molecule has 4 aliphatic rings. The summed E-state index contributed by atoms with van der Waals surface area (Å²) in [7, 11) is -5.12. The van der Waals surface area contributed by atoms with Gasteiger partial charge in [-0.05, 0) is 98.4 Å². The van der Waals surface area contributed by atoms with Crippen molar-refractivity contribution >= 4 is 22.0 Å². The minimum absolute atomic E-state index is 0.162. The maximum atomic E-state index is 13.6. The van der Waals surface area contributed by atoms with Crippen molar-refractivity contribution in [3.05, 3.63) is 53.4 Å². The fourth-order valence-electron chi connectivity index (χ4n) is 6.97. The molecule has 5 rings (SSSR count). The number of allylic oxidation sites excluding steroid dienone is 4. The highest BCUT2D eigenvalue weighted by Crippen LogP contribution is 2.67. The summed E-state index contributed by atoms with van der Waals surface area (Å²) >= 11 is 0. The van der Waals surface area contributed by atoms with E-state index in [9.17, 15) is 18.0 Å². The van der Waals surface area contributed by atoms with Crippen LogP contribution in [0.2, 0.25) is 0 Å². The predicted molar refractivity (Wildman–Crippen MR) is 132 cm³/mol. The molecule has 0 aliphatic heterocycles. The minimum atomic E-state index is -5.12. The summed E-state index contributed by atoms with van der Waals surface area (Å²) in [6, 6.07) is 5.72. The summed E-state index contributed by atoms with van der Waals surface area (Å²) in [5.41, 5.74) is 2.23. The molecule has 0 saturated heterocycles. The van der Waals surface area contributed by atoms with Gasteiger partial charge in [-0.3, -0.25) is 19.1 Å². The minimum Gasteiger partial charge on any atom is -0.296 e. The second-order valence-electron chi connectivity index (χ2n) is 10.5. The van der Waals surface area contributed by atoms with Crippen molar-refractivity contribution in [3.63, 3.8) is 0 Å². The van der Waals surface area contributed by atoms with E-state index in [1.54, 1.807) is 25.4 Å². The highest BCUT2D eigenvalue weighted by Gasteiger charge is 2.62. The van der Waals surface area contributed by atoms with E-state index in [4.69, 9.17) is 8.67 Å². The third-order valence-electron chi connectivity index (χ3n) is 8.90. The Bertz CT molecular complexity index is 1230. The Labute approximate surface area is 212 Å². The molecule has 0 amide bonds. The van der Waals surface area contributed by atoms with Gasteiger partial charge in [-0.2, -0.15) is 8.42 Å². The van der Waals surface area contributed by atoms with E-state index in [2.05, 4.69) is 9.17 Å². The molecule has 1 aromatic rings.